The van der Waals surface area contributed by atoms with Gasteiger partial charge in [-0.15, -0.1) is 0 Å². The standard InChI is InChI=1S/C18H25N5O2S/c1-13-4-3-5-15(21-13)8-22-6-7-23(9-16-14(2)19-12-20-16)18-11-26(24,25)10-17(18)22/h3-5,12,17-18H,6-11H2,1-2H3,(H,19,20). The van der Waals surface area contributed by atoms with Crippen LogP contribution >= 0.6 is 0 Å². The van der Waals surface area contributed by atoms with Crippen molar-refractivity contribution in [3.63, 3.8) is 0 Å². The van der Waals surface area contributed by atoms with E-state index in [2.05, 4.69) is 24.8 Å². The number of hydrogen-bond donors (Lipinski definition) is 1. The molecule has 0 aromatic carbocycles. The summed E-state index contributed by atoms with van der Waals surface area (Å²) in [6.45, 7) is 7.07. The Bertz CT molecular complexity index is 894. The number of aromatic nitrogens is 3. The number of sulfone groups is 1. The van der Waals surface area contributed by atoms with E-state index in [9.17, 15) is 8.42 Å². The minimum atomic E-state index is -3.02. The Morgan fingerprint density at radius 3 is 2.42 bits per heavy atom. The van der Waals surface area contributed by atoms with Gasteiger partial charge in [-0.2, -0.15) is 0 Å². The molecule has 8 heteroatoms. The molecule has 2 atom stereocenters. The summed E-state index contributed by atoms with van der Waals surface area (Å²) in [6, 6.07) is 6.06. The fraction of sp³-hybridized carbons (Fsp3) is 0.556. The van der Waals surface area contributed by atoms with Crippen molar-refractivity contribution >= 4 is 9.84 Å². The van der Waals surface area contributed by atoms with Gasteiger partial charge in [0.05, 0.1) is 29.2 Å². The molecule has 2 unspecified atom stereocenters. The minimum Gasteiger partial charge on any atom is -0.348 e. The predicted octanol–water partition coefficient (Wildman–Crippen LogP) is 0.905. The summed E-state index contributed by atoms with van der Waals surface area (Å²) < 4.78 is 24.7. The lowest BCUT2D eigenvalue weighted by Crippen LogP contribution is -2.58. The number of H-pyrrole nitrogens is 1. The number of aryl methyl sites for hydroxylation is 2. The average Bonchev–Trinajstić information content (AvgIpc) is 3.12. The van der Waals surface area contributed by atoms with Crippen molar-refractivity contribution in [3.8, 4) is 0 Å². The average molecular weight is 375 g/mol. The molecular weight excluding hydrogens is 350 g/mol. The first-order chi connectivity index (χ1) is 12.4. The number of pyridine rings is 1. The zero-order valence-corrected chi connectivity index (χ0v) is 16.0. The van der Waals surface area contributed by atoms with E-state index in [1.54, 1.807) is 6.33 Å². The third-order valence-electron chi connectivity index (χ3n) is 5.50. The van der Waals surface area contributed by atoms with Gasteiger partial charge < -0.3 is 4.98 Å². The monoisotopic (exact) mass is 375 g/mol. The summed E-state index contributed by atoms with van der Waals surface area (Å²) in [5.41, 5.74) is 4.05. The summed E-state index contributed by atoms with van der Waals surface area (Å²) >= 11 is 0. The topological polar surface area (TPSA) is 82.2 Å². The van der Waals surface area contributed by atoms with Crippen LogP contribution in [0.1, 0.15) is 22.8 Å². The van der Waals surface area contributed by atoms with E-state index < -0.39 is 9.84 Å². The van der Waals surface area contributed by atoms with Crippen molar-refractivity contribution in [2.45, 2.75) is 39.0 Å². The Kier molecular flexibility index (Phi) is 4.58. The van der Waals surface area contributed by atoms with Crippen molar-refractivity contribution in [1.29, 1.82) is 0 Å². The highest BCUT2D eigenvalue weighted by atomic mass is 32.2. The van der Waals surface area contributed by atoms with Crippen LogP contribution in [0.5, 0.6) is 0 Å². The maximum atomic E-state index is 12.4. The molecule has 0 radical (unpaired) electrons. The predicted molar refractivity (Wildman–Crippen MR) is 99.3 cm³/mol. The highest BCUT2D eigenvalue weighted by Gasteiger charge is 2.46. The molecule has 2 fully saturated rings. The van der Waals surface area contributed by atoms with Crippen LogP contribution in [0.4, 0.5) is 0 Å². The number of hydrogen-bond acceptors (Lipinski definition) is 6. The second-order valence-corrected chi connectivity index (χ2v) is 9.55. The molecule has 26 heavy (non-hydrogen) atoms. The van der Waals surface area contributed by atoms with Gasteiger partial charge in [-0.1, -0.05) is 6.07 Å². The van der Waals surface area contributed by atoms with Gasteiger partial charge >= 0.3 is 0 Å². The highest BCUT2D eigenvalue weighted by Crippen LogP contribution is 2.29. The Morgan fingerprint density at radius 2 is 1.81 bits per heavy atom. The van der Waals surface area contributed by atoms with Crippen LogP contribution < -0.4 is 0 Å². The van der Waals surface area contributed by atoms with Crippen molar-refractivity contribution < 1.29 is 8.42 Å². The molecule has 140 valence electrons. The Labute approximate surface area is 154 Å². The molecule has 4 rings (SSSR count). The van der Waals surface area contributed by atoms with Crippen LogP contribution in [-0.4, -0.2) is 69.8 Å². The van der Waals surface area contributed by atoms with Gasteiger partial charge in [-0.3, -0.25) is 14.8 Å². The quantitative estimate of drug-likeness (QED) is 0.855. The van der Waals surface area contributed by atoms with Gasteiger partial charge in [-0.05, 0) is 26.0 Å². The lowest BCUT2D eigenvalue weighted by atomic mass is 10.0. The van der Waals surface area contributed by atoms with Crippen LogP contribution in [0.15, 0.2) is 24.5 Å². The number of fused-ring (bicyclic) bond motifs is 1. The fourth-order valence-electron chi connectivity index (χ4n) is 4.12. The first kappa shape index (κ1) is 17.6. The van der Waals surface area contributed by atoms with Gasteiger partial charge in [0.1, 0.15) is 0 Å². The molecule has 0 spiro atoms. The molecule has 2 aliphatic rings. The molecule has 0 amide bonds. The molecule has 2 aromatic rings. The normalized spacial score (nSPS) is 26.1. The van der Waals surface area contributed by atoms with E-state index >= 15 is 0 Å². The lowest BCUT2D eigenvalue weighted by molar-refractivity contribution is 0.0340. The first-order valence-electron chi connectivity index (χ1n) is 9.01. The van der Waals surface area contributed by atoms with E-state index in [1.807, 2.05) is 32.0 Å². The fourth-order valence-corrected chi connectivity index (χ4v) is 6.17. The summed E-state index contributed by atoms with van der Waals surface area (Å²) in [5.74, 6) is 0.471. The van der Waals surface area contributed by atoms with E-state index in [-0.39, 0.29) is 23.6 Å². The highest BCUT2D eigenvalue weighted by molar-refractivity contribution is 7.91. The van der Waals surface area contributed by atoms with Gasteiger partial charge in [0.25, 0.3) is 0 Å². The molecule has 0 aliphatic carbocycles. The van der Waals surface area contributed by atoms with E-state index in [1.165, 1.54) is 0 Å². The third kappa shape index (κ3) is 3.54. The van der Waals surface area contributed by atoms with E-state index in [4.69, 9.17) is 0 Å². The molecule has 0 saturated carbocycles. The van der Waals surface area contributed by atoms with Gasteiger partial charge in [0.15, 0.2) is 9.84 Å². The maximum Gasteiger partial charge on any atom is 0.153 e. The summed E-state index contributed by atoms with van der Waals surface area (Å²) in [6.07, 6.45) is 1.70. The Hall–Kier alpha value is -1.77. The minimum absolute atomic E-state index is 0.0228. The zero-order valence-electron chi connectivity index (χ0n) is 15.2. The largest absolute Gasteiger partial charge is 0.348 e. The van der Waals surface area contributed by atoms with Crippen LogP contribution in [-0.2, 0) is 22.9 Å². The first-order valence-corrected chi connectivity index (χ1v) is 10.8. The summed E-state index contributed by atoms with van der Waals surface area (Å²) in [4.78, 5) is 16.7. The molecule has 0 bridgehead atoms. The molecule has 7 nitrogen and oxygen atoms in total. The van der Waals surface area contributed by atoms with Gasteiger partial charge in [0, 0.05) is 49.7 Å². The van der Waals surface area contributed by atoms with E-state index in [0.29, 0.717) is 13.1 Å². The van der Waals surface area contributed by atoms with Gasteiger partial charge in [-0.25, -0.2) is 13.4 Å². The maximum absolute atomic E-state index is 12.4. The molecule has 2 aromatic heterocycles. The van der Waals surface area contributed by atoms with Crippen molar-refractivity contribution in [2.75, 3.05) is 24.6 Å². The number of nitrogens with zero attached hydrogens (tertiary/aromatic N) is 4. The number of piperazine rings is 1. The zero-order chi connectivity index (χ0) is 18.3. The number of rotatable bonds is 4. The lowest BCUT2D eigenvalue weighted by Gasteiger charge is -2.43. The Morgan fingerprint density at radius 1 is 1.12 bits per heavy atom. The summed E-state index contributed by atoms with van der Waals surface area (Å²) in [7, 11) is -3.02. The van der Waals surface area contributed by atoms with Crippen molar-refractivity contribution in [1.82, 2.24) is 24.8 Å². The van der Waals surface area contributed by atoms with Crippen LogP contribution in [0.3, 0.4) is 0 Å². The van der Waals surface area contributed by atoms with Gasteiger partial charge in [0.2, 0.25) is 0 Å². The summed E-state index contributed by atoms with van der Waals surface area (Å²) in [5, 5.41) is 0. The molecule has 2 saturated heterocycles. The molecular formula is C18H25N5O2S. The third-order valence-corrected chi connectivity index (χ3v) is 7.20. The second kappa shape index (κ2) is 6.75. The van der Waals surface area contributed by atoms with E-state index in [0.717, 1.165) is 35.9 Å². The smallest absolute Gasteiger partial charge is 0.153 e. The SMILES string of the molecule is Cc1cccc(CN2CCN(Cc3nc[nH]c3C)C3CS(=O)(=O)CC32)n1. The van der Waals surface area contributed by atoms with Crippen molar-refractivity contribution in [3.05, 3.63) is 47.3 Å². The number of aromatic amines is 1. The second-order valence-electron chi connectivity index (χ2n) is 7.40. The van der Waals surface area contributed by atoms with Crippen LogP contribution in [0.2, 0.25) is 0 Å². The van der Waals surface area contributed by atoms with Crippen LogP contribution in [0.25, 0.3) is 0 Å². The number of imidazole rings is 1. The number of nitrogens with one attached hydrogen (secondary N) is 1. The Balaban J connectivity index is 1.54. The molecule has 2 aliphatic heterocycles. The molecule has 1 N–H and O–H groups in total. The van der Waals surface area contributed by atoms with Crippen LogP contribution in [0, 0.1) is 13.8 Å². The van der Waals surface area contributed by atoms with Crippen molar-refractivity contribution in [2.24, 2.45) is 0 Å². The molecule has 4 heterocycles.